The number of alkyl halides is 1. The van der Waals surface area contributed by atoms with Gasteiger partial charge in [-0.2, -0.15) is 4.91 Å². The van der Waals surface area contributed by atoms with E-state index in [4.69, 9.17) is 11.6 Å². The molecule has 0 amide bonds. The number of hydrogen-bond acceptors (Lipinski definition) is 2. The predicted octanol–water partition coefficient (Wildman–Crippen LogP) is 2.57. The van der Waals surface area contributed by atoms with Crippen LogP contribution in [0.4, 0.5) is 0 Å². The van der Waals surface area contributed by atoms with Crippen LogP contribution in [0, 0.1) is 28.6 Å². The van der Waals surface area contributed by atoms with Crippen LogP contribution in [-0.2, 0) is 0 Å². The highest BCUT2D eigenvalue weighted by atomic mass is 35.5. The highest BCUT2D eigenvalue weighted by Crippen LogP contribution is 2.58. The van der Waals surface area contributed by atoms with Crippen LogP contribution in [0.25, 0.3) is 0 Å². The fraction of sp³-hybridized carbons (Fsp3) is 0.800. The number of nitroso groups, excluding NO2 is 1. The first-order chi connectivity index (χ1) is 6.33. The van der Waals surface area contributed by atoms with Crippen molar-refractivity contribution in [3.8, 4) is 0 Å². The second kappa shape index (κ2) is 2.57. The maximum absolute atomic E-state index is 10.6. The second-order valence-electron chi connectivity index (χ2n) is 4.51. The Balaban J connectivity index is 1.94. The molecule has 0 spiro atoms. The zero-order chi connectivity index (χ0) is 9.00. The van der Waals surface area contributed by atoms with Gasteiger partial charge in [-0.15, -0.1) is 11.6 Å². The van der Waals surface area contributed by atoms with Gasteiger partial charge in [-0.25, -0.2) is 0 Å². The van der Waals surface area contributed by atoms with E-state index in [1.165, 1.54) is 6.42 Å². The van der Waals surface area contributed by atoms with Crippen molar-refractivity contribution < 1.29 is 0 Å². The Kier molecular flexibility index (Phi) is 1.58. The SMILES string of the molecule is O=N[C@@H]1[C@H](Cl)[C@H]2C[C@H]1[C@@H]1C=CC[C@H]12. The summed E-state index contributed by atoms with van der Waals surface area (Å²) < 4.78 is 0. The molecule has 0 aromatic carbocycles. The first-order valence-electron chi connectivity index (χ1n) is 4.96. The fourth-order valence-corrected chi connectivity index (χ4v) is 4.14. The molecule has 2 saturated carbocycles. The summed E-state index contributed by atoms with van der Waals surface area (Å²) in [5.41, 5.74) is 0. The molecule has 6 atom stereocenters. The third kappa shape index (κ3) is 0.850. The van der Waals surface area contributed by atoms with Crippen molar-refractivity contribution in [1.29, 1.82) is 0 Å². The van der Waals surface area contributed by atoms with Crippen molar-refractivity contribution in [1.82, 2.24) is 0 Å². The van der Waals surface area contributed by atoms with Crippen molar-refractivity contribution in [3.05, 3.63) is 17.1 Å². The molecule has 0 N–H and O–H groups in total. The van der Waals surface area contributed by atoms with Crippen LogP contribution in [-0.4, -0.2) is 11.4 Å². The summed E-state index contributed by atoms with van der Waals surface area (Å²) in [5.74, 6) is 2.34. The van der Waals surface area contributed by atoms with E-state index in [0.717, 1.165) is 12.3 Å². The molecule has 3 aliphatic rings. The quantitative estimate of drug-likeness (QED) is 0.361. The summed E-state index contributed by atoms with van der Waals surface area (Å²) in [6.45, 7) is 0. The van der Waals surface area contributed by atoms with Gasteiger partial charge in [0.15, 0.2) is 0 Å². The van der Waals surface area contributed by atoms with Gasteiger partial charge >= 0.3 is 0 Å². The van der Waals surface area contributed by atoms with E-state index in [9.17, 15) is 4.91 Å². The van der Waals surface area contributed by atoms with Crippen molar-refractivity contribution in [2.24, 2.45) is 28.8 Å². The Hall–Kier alpha value is -0.370. The molecule has 0 radical (unpaired) electrons. The van der Waals surface area contributed by atoms with Crippen LogP contribution >= 0.6 is 11.6 Å². The minimum atomic E-state index is -0.115. The minimum Gasteiger partial charge on any atom is -0.150 e. The Bertz CT molecular complexity index is 276. The second-order valence-corrected chi connectivity index (χ2v) is 5.01. The van der Waals surface area contributed by atoms with E-state index in [-0.39, 0.29) is 11.4 Å². The zero-order valence-electron chi connectivity index (χ0n) is 7.27. The van der Waals surface area contributed by atoms with Gasteiger partial charge in [0.05, 0.1) is 5.38 Å². The smallest absolute Gasteiger partial charge is 0.112 e. The molecule has 0 aromatic rings. The van der Waals surface area contributed by atoms with E-state index >= 15 is 0 Å². The molecular formula is C10H12ClNO. The monoisotopic (exact) mass is 197 g/mol. The highest BCUT2D eigenvalue weighted by molar-refractivity contribution is 6.21. The van der Waals surface area contributed by atoms with Gasteiger partial charge in [-0.1, -0.05) is 17.3 Å². The van der Waals surface area contributed by atoms with Gasteiger partial charge in [0.2, 0.25) is 0 Å². The van der Waals surface area contributed by atoms with Gasteiger partial charge in [-0.05, 0) is 36.5 Å². The number of fused-ring (bicyclic) bond motifs is 5. The van der Waals surface area contributed by atoms with Gasteiger partial charge in [-0.3, -0.25) is 0 Å². The molecule has 0 aromatic heterocycles. The molecule has 2 nitrogen and oxygen atoms in total. The maximum Gasteiger partial charge on any atom is 0.112 e. The molecule has 3 rings (SSSR count). The molecule has 0 saturated heterocycles. The van der Waals surface area contributed by atoms with Gasteiger partial charge < -0.3 is 0 Å². The number of nitrogens with zero attached hydrogens (tertiary/aromatic N) is 1. The Morgan fingerprint density at radius 3 is 2.92 bits per heavy atom. The molecular weight excluding hydrogens is 186 g/mol. The summed E-state index contributed by atoms with van der Waals surface area (Å²) >= 11 is 6.22. The van der Waals surface area contributed by atoms with Crippen LogP contribution in [0.5, 0.6) is 0 Å². The lowest BCUT2D eigenvalue weighted by Crippen LogP contribution is -2.35. The molecule has 13 heavy (non-hydrogen) atoms. The lowest BCUT2D eigenvalue weighted by molar-refractivity contribution is 0.263. The summed E-state index contributed by atoms with van der Waals surface area (Å²) in [4.78, 5) is 10.6. The number of hydrogen-bond donors (Lipinski definition) is 0. The summed E-state index contributed by atoms with van der Waals surface area (Å²) in [5, 5.41) is 3.21. The largest absolute Gasteiger partial charge is 0.150 e. The minimum absolute atomic E-state index is 0.0173. The summed E-state index contributed by atoms with van der Waals surface area (Å²) in [6, 6.07) is -0.115. The zero-order valence-corrected chi connectivity index (χ0v) is 8.02. The molecule has 3 heteroatoms. The Morgan fingerprint density at radius 2 is 2.15 bits per heavy atom. The van der Waals surface area contributed by atoms with E-state index in [0.29, 0.717) is 17.8 Å². The Labute approximate surface area is 82.3 Å². The average molecular weight is 198 g/mol. The van der Waals surface area contributed by atoms with Crippen molar-refractivity contribution in [3.63, 3.8) is 0 Å². The number of allylic oxidation sites excluding steroid dienone is 2. The van der Waals surface area contributed by atoms with Crippen LogP contribution < -0.4 is 0 Å². The van der Waals surface area contributed by atoms with E-state index in [1.807, 2.05) is 0 Å². The fourth-order valence-electron chi connectivity index (χ4n) is 3.62. The van der Waals surface area contributed by atoms with Crippen LogP contribution in [0.2, 0.25) is 0 Å². The predicted molar refractivity (Wildman–Crippen MR) is 51.6 cm³/mol. The lowest BCUT2D eigenvalue weighted by atomic mass is 9.79. The van der Waals surface area contributed by atoms with Crippen molar-refractivity contribution in [2.45, 2.75) is 24.3 Å². The van der Waals surface area contributed by atoms with E-state index in [2.05, 4.69) is 17.3 Å². The van der Waals surface area contributed by atoms with E-state index < -0.39 is 0 Å². The van der Waals surface area contributed by atoms with Crippen molar-refractivity contribution >= 4 is 11.6 Å². The summed E-state index contributed by atoms with van der Waals surface area (Å²) in [6.07, 6.45) is 6.81. The number of rotatable bonds is 1. The van der Waals surface area contributed by atoms with Gasteiger partial charge in [0.1, 0.15) is 6.04 Å². The first kappa shape index (κ1) is 7.98. The molecule has 2 bridgehead atoms. The first-order valence-corrected chi connectivity index (χ1v) is 5.40. The number of halogens is 1. The average Bonchev–Trinajstić information content (AvgIpc) is 2.71. The molecule has 70 valence electrons. The lowest BCUT2D eigenvalue weighted by Gasteiger charge is -2.30. The topological polar surface area (TPSA) is 29.4 Å². The molecule has 0 aliphatic heterocycles. The molecule has 3 aliphatic carbocycles. The Morgan fingerprint density at radius 1 is 1.31 bits per heavy atom. The molecule has 0 heterocycles. The molecule has 0 unspecified atom stereocenters. The van der Waals surface area contributed by atoms with Crippen LogP contribution in [0.1, 0.15) is 12.8 Å². The van der Waals surface area contributed by atoms with Gasteiger partial charge in [0, 0.05) is 0 Å². The van der Waals surface area contributed by atoms with Gasteiger partial charge in [0.25, 0.3) is 0 Å². The third-order valence-corrected chi connectivity index (χ3v) is 4.73. The highest BCUT2D eigenvalue weighted by Gasteiger charge is 2.58. The summed E-state index contributed by atoms with van der Waals surface area (Å²) in [7, 11) is 0. The third-order valence-electron chi connectivity index (χ3n) is 4.15. The maximum atomic E-state index is 10.6. The molecule has 2 fully saturated rings. The van der Waals surface area contributed by atoms with E-state index in [1.54, 1.807) is 0 Å². The van der Waals surface area contributed by atoms with Crippen LogP contribution in [0.15, 0.2) is 17.3 Å². The van der Waals surface area contributed by atoms with Crippen LogP contribution in [0.3, 0.4) is 0 Å². The normalized spacial score (nSPS) is 57.0. The van der Waals surface area contributed by atoms with Crippen molar-refractivity contribution in [2.75, 3.05) is 0 Å². The standard InChI is InChI=1S/C10H12ClNO/c11-9-7-4-8(10(9)12-13)6-3-1-2-5(6)7/h1,3,5-10H,2,4H2/t5-,6-,7+,8+,9-,10+/m1/s1.